The van der Waals surface area contributed by atoms with Gasteiger partial charge in [0, 0.05) is 23.6 Å². The lowest BCUT2D eigenvalue weighted by molar-refractivity contribution is -0.120. The second-order valence-electron chi connectivity index (χ2n) is 4.51. The fourth-order valence-corrected chi connectivity index (χ4v) is 2.07. The predicted octanol–water partition coefficient (Wildman–Crippen LogP) is 2.98. The van der Waals surface area contributed by atoms with E-state index in [1.165, 1.54) is 12.1 Å². The summed E-state index contributed by atoms with van der Waals surface area (Å²) in [6.07, 6.45) is 3.45. The monoisotopic (exact) mass is 282 g/mol. The van der Waals surface area contributed by atoms with Crippen molar-refractivity contribution in [1.82, 2.24) is 10.3 Å². The Labute approximate surface area is 116 Å². The Balaban J connectivity index is 1.91. The zero-order valence-corrected chi connectivity index (χ0v) is 11.4. The number of fused-ring (bicyclic) bond motifs is 1. The topological polar surface area (TPSA) is 44.9 Å². The molecule has 2 N–H and O–H groups in total. The van der Waals surface area contributed by atoms with Crippen LogP contribution in [0.3, 0.4) is 0 Å². The molecule has 0 fully saturated rings. The molecule has 2 rings (SSSR count). The number of carbonyl (C=O) groups is 1. The molecule has 0 aliphatic rings. The second kappa shape index (κ2) is 6.06. The van der Waals surface area contributed by atoms with E-state index in [9.17, 15) is 9.18 Å². The predicted molar refractivity (Wildman–Crippen MR) is 74.9 cm³/mol. The maximum atomic E-state index is 13.2. The highest BCUT2D eigenvalue weighted by Gasteiger charge is 2.08. The fraction of sp³-hybridized carbons (Fsp3) is 0.357. The first-order valence-electron chi connectivity index (χ1n) is 6.25. The zero-order chi connectivity index (χ0) is 13.8. The number of hydrogen-bond donors (Lipinski definition) is 2. The molecule has 5 heteroatoms. The van der Waals surface area contributed by atoms with Gasteiger partial charge in [-0.15, -0.1) is 11.6 Å². The molecule has 0 saturated heterocycles. The number of halogens is 2. The van der Waals surface area contributed by atoms with Crippen molar-refractivity contribution < 1.29 is 9.18 Å². The Bertz CT molecular complexity index is 580. The quantitative estimate of drug-likeness (QED) is 0.643. The normalized spacial score (nSPS) is 12.6. The molecule has 3 nitrogen and oxygen atoms in total. The third-order valence-corrected chi connectivity index (χ3v) is 3.21. The van der Waals surface area contributed by atoms with Crippen LogP contribution in [0, 0.1) is 5.82 Å². The van der Waals surface area contributed by atoms with Crippen LogP contribution in [0.15, 0.2) is 24.4 Å². The van der Waals surface area contributed by atoms with Crippen molar-refractivity contribution in [3.8, 4) is 0 Å². The molecule has 1 aromatic heterocycles. The standard InChI is InChI=1S/C14H16ClFN2O/c1-9(15)14(19)17-6-2-3-10-8-18-13-5-4-11(16)7-12(10)13/h4-5,7-9,18H,2-3,6H2,1H3,(H,17,19). The summed E-state index contributed by atoms with van der Waals surface area (Å²) >= 11 is 5.64. The number of nitrogens with one attached hydrogen (secondary N) is 2. The number of rotatable bonds is 5. The molecule has 1 heterocycles. The van der Waals surface area contributed by atoms with Crippen LogP contribution < -0.4 is 5.32 Å². The van der Waals surface area contributed by atoms with Crippen molar-refractivity contribution in [2.45, 2.75) is 25.1 Å². The van der Waals surface area contributed by atoms with Gasteiger partial charge in [-0.25, -0.2) is 4.39 Å². The largest absolute Gasteiger partial charge is 0.361 e. The fourth-order valence-electron chi connectivity index (χ4n) is 1.99. The minimum atomic E-state index is -0.512. The SMILES string of the molecule is CC(Cl)C(=O)NCCCc1c[nH]c2ccc(F)cc12. The van der Waals surface area contributed by atoms with Gasteiger partial charge in [-0.3, -0.25) is 4.79 Å². The van der Waals surface area contributed by atoms with E-state index in [1.54, 1.807) is 13.0 Å². The van der Waals surface area contributed by atoms with Gasteiger partial charge in [-0.05, 0) is 43.5 Å². The summed E-state index contributed by atoms with van der Waals surface area (Å²) in [5.74, 6) is -0.399. The first-order chi connectivity index (χ1) is 9.08. The molecule has 0 aliphatic heterocycles. The first kappa shape index (κ1) is 13.9. The van der Waals surface area contributed by atoms with E-state index in [0.29, 0.717) is 6.54 Å². The van der Waals surface area contributed by atoms with Gasteiger partial charge in [0.05, 0.1) is 0 Å². The Kier molecular flexibility index (Phi) is 4.43. The van der Waals surface area contributed by atoms with E-state index < -0.39 is 5.38 Å². The Morgan fingerprint density at radius 3 is 3.05 bits per heavy atom. The Morgan fingerprint density at radius 2 is 2.32 bits per heavy atom. The van der Waals surface area contributed by atoms with E-state index in [2.05, 4.69) is 10.3 Å². The van der Waals surface area contributed by atoms with Crippen LogP contribution in [-0.2, 0) is 11.2 Å². The molecule has 1 aromatic carbocycles. The van der Waals surface area contributed by atoms with Crippen molar-refractivity contribution >= 4 is 28.4 Å². The molecule has 102 valence electrons. The molecule has 0 radical (unpaired) electrons. The van der Waals surface area contributed by atoms with E-state index in [1.807, 2.05) is 6.20 Å². The third kappa shape index (κ3) is 3.47. The molecule has 0 spiro atoms. The molecule has 1 amide bonds. The molecule has 2 aromatic rings. The molecule has 0 aliphatic carbocycles. The maximum Gasteiger partial charge on any atom is 0.237 e. The van der Waals surface area contributed by atoms with Crippen molar-refractivity contribution in [2.24, 2.45) is 0 Å². The number of aromatic amines is 1. The molecule has 1 atom stereocenters. The number of aromatic nitrogens is 1. The van der Waals surface area contributed by atoms with Crippen LogP contribution in [0.25, 0.3) is 10.9 Å². The number of amides is 1. The highest BCUT2D eigenvalue weighted by atomic mass is 35.5. The molecule has 1 unspecified atom stereocenters. The number of benzene rings is 1. The van der Waals surface area contributed by atoms with Crippen molar-refractivity contribution in [3.05, 3.63) is 35.8 Å². The van der Waals surface area contributed by atoms with E-state index in [4.69, 9.17) is 11.6 Å². The van der Waals surface area contributed by atoms with Gasteiger partial charge in [0.15, 0.2) is 0 Å². The van der Waals surface area contributed by atoms with E-state index >= 15 is 0 Å². The van der Waals surface area contributed by atoms with Crippen LogP contribution in [0.2, 0.25) is 0 Å². The average molecular weight is 283 g/mol. The van der Waals surface area contributed by atoms with Gasteiger partial charge in [0.1, 0.15) is 11.2 Å². The van der Waals surface area contributed by atoms with E-state index in [0.717, 1.165) is 29.3 Å². The van der Waals surface area contributed by atoms with Crippen molar-refractivity contribution in [3.63, 3.8) is 0 Å². The van der Waals surface area contributed by atoms with Gasteiger partial charge < -0.3 is 10.3 Å². The lowest BCUT2D eigenvalue weighted by Gasteiger charge is -2.05. The molecule has 0 bridgehead atoms. The van der Waals surface area contributed by atoms with Gasteiger partial charge >= 0.3 is 0 Å². The summed E-state index contributed by atoms with van der Waals surface area (Å²) in [5, 5.41) is 3.14. The van der Waals surface area contributed by atoms with Crippen LogP contribution >= 0.6 is 11.6 Å². The van der Waals surface area contributed by atoms with E-state index in [-0.39, 0.29) is 11.7 Å². The van der Waals surface area contributed by atoms with Crippen molar-refractivity contribution in [2.75, 3.05) is 6.54 Å². The summed E-state index contributed by atoms with van der Waals surface area (Å²) in [6.45, 7) is 2.21. The lowest BCUT2D eigenvalue weighted by atomic mass is 10.1. The highest BCUT2D eigenvalue weighted by molar-refractivity contribution is 6.30. The summed E-state index contributed by atoms with van der Waals surface area (Å²) in [6, 6.07) is 4.69. The smallest absolute Gasteiger partial charge is 0.237 e. The molecule has 19 heavy (non-hydrogen) atoms. The highest BCUT2D eigenvalue weighted by Crippen LogP contribution is 2.20. The van der Waals surface area contributed by atoms with Gasteiger partial charge in [0.2, 0.25) is 5.91 Å². The third-order valence-electron chi connectivity index (χ3n) is 3.01. The molecular weight excluding hydrogens is 267 g/mol. The van der Waals surface area contributed by atoms with Gasteiger partial charge in [-0.2, -0.15) is 0 Å². The van der Waals surface area contributed by atoms with Gasteiger partial charge in [-0.1, -0.05) is 0 Å². The Hall–Kier alpha value is -1.55. The van der Waals surface area contributed by atoms with Crippen molar-refractivity contribution in [1.29, 1.82) is 0 Å². The van der Waals surface area contributed by atoms with Crippen LogP contribution in [0.5, 0.6) is 0 Å². The summed E-state index contributed by atoms with van der Waals surface area (Å²) in [4.78, 5) is 14.4. The van der Waals surface area contributed by atoms with Crippen LogP contribution in [-0.4, -0.2) is 22.8 Å². The van der Waals surface area contributed by atoms with Crippen LogP contribution in [0.1, 0.15) is 18.9 Å². The molecule has 0 saturated carbocycles. The summed E-state index contributed by atoms with van der Waals surface area (Å²) in [5.41, 5.74) is 1.98. The lowest BCUT2D eigenvalue weighted by Crippen LogP contribution is -2.30. The number of aryl methyl sites for hydroxylation is 1. The number of alkyl halides is 1. The van der Waals surface area contributed by atoms with Gasteiger partial charge in [0.25, 0.3) is 0 Å². The van der Waals surface area contributed by atoms with Crippen LogP contribution in [0.4, 0.5) is 4.39 Å². The summed E-state index contributed by atoms with van der Waals surface area (Å²) in [7, 11) is 0. The minimum Gasteiger partial charge on any atom is -0.361 e. The molecular formula is C14H16ClFN2O. The number of H-pyrrole nitrogens is 1. The minimum absolute atomic E-state index is 0.161. The maximum absolute atomic E-state index is 13.2. The number of carbonyl (C=O) groups excluding carboxylic acids is 1. The average Bonchev–Trinajstić information content (AvgIpc) is 2.76. The second-order valence-corrected chi connectivity index (χ2v) is 5.17. The first-order valence-corrected chi connectivity index (χ1v) is 6.69. The summed E-state index contributed by atoms with van der Waals surface area (Å²) < 4.78 is 13.2. The zero-order valence-electron chi connectivity index (χ0n) is 10.7. The number of hydrogen-bond acceptors (Lipinski definition) is 1. The Morgan fingerprint density at radius 1 is 1.53 bits per heavy atom.